The average Bonchev–Trinajstić information content (AvgIpc) is 2.53. The summed E-state index contributed by atoms with van der Waals surface area (Å²) in [4.78, 5) is 12.6. The Hall–Kier alpha value is -2.49. The van der Waals surface area contributed by atoms with Gasteiger partial charge in [0, 0.05) is 17.5 Å². The summed E-state index contributed by atoms with van der Waals surface area (Å²) in [7, 11) is 1.61. The minimum Gasteiger partial charge on any atom is -0.497 e. The summed E-state index contributed by atoms with van der Waals surface area (Å²) in [5.41, 5.74) is 2.47. The fourth-order valence-corrected chi connectivity index (χ4v) is 3.07. The first-order valence-corrected chi connectivity index (χ1v) is 8.12. The Balaban J connectivity index is 1.84. The van der Waals surface area contributed by atoms with Crippen molar-refractivity contribution in [2.45, 2.75) is 38.8 Å². The molecule has 1 aliphatic heterocycles. The van der Waals surface area contributed by atoms with Gasteiger partial charge in [-0.3, -0.25) is 4.79 Å². The Kier molecular flexibility index (Phi) is 4.22. The van der Waals surface area contributed by atoms with Gasteiger partial charge in [-0.1, -0.05) is 12.1 Å². The molecule has 1 atom stereocenters. The molecule has 1 N–H and O–H groups in total. The maximum Gasteiger partial charge on any atom is 0.251 e. The summed E-state index contributed by atoms with van der Waals surface area (Å²) in [5.74, 6) is 1.50. The van der Waals surface area contributed by atoms with Crippen molar-refractivity contribution in [3.05, 3.63) is 59.2 Å². The van der Waals surface area contributed by atoms with E-state index in [4.69, 9.17) is 9.47 Å². The normalized spacial score (nSPS) is 18.2. The quantitative estimate of drug-likeness (QED) is 0.926. The molecule has 0 bridgehead atoms. The van der Waals surface area contributed by atoms with E-state index in [-0.39, 0.29) is 17.6 Å². The van der Waals surface area contributed by atoms with Crippen molar-refractivity contribution < 1.29 is 14.3 Å². The van der Waals surface area contributed by atoms with Gasteiger partial charge in [0.15, 0.2) is 0 Å². The number of methoxy groups -OCH3 is 1. The highest BCUT2D eigenvalue weighted by atomic mass is 16.5. The van der Waals surface area contributed by atoms with Crippen molar-refractivity contribution in [1.82, 2.24) is 5.32 Å². The average molecular weight is 325 g/mol. The topological polar surface area (TPSA) is 47.6 Å². The van der Waals surface area contributed by atoms with Gasteiger partial charge in [-0.15, -0.1) is 0 Å². The third-order valence-electron chi connectivity index (χ3n) is 4.28. The monoisotopic (exact) mass is 325 g/mol. The molecular formula is C20H23NO3. The van der Waals surface area contributed by atoms with Crippen LogP contribution in [0.25, 0.3) is 0 Å². The first-order chi connectivity index (χ1) is 11.4. The van der Waals surface area contributed by atoms with Gasteiger partial charge in [0.1, 0.15) is 17.1 Å². The third kappa shape index (κ3) is 3.37. The van der Waals surface area contributed by atoms with Gasteiger partial charge in [-0.05, 0) is 56.7 Å². The van der Waals surface area contributed by atoms with Gasteiger partial charge in [-0.2, -0.15) is 0 Å². The Bertz CT molecular complexity index is 750. The summed E-state index contributed by atoms with van der Waals surface area (Å²) < 4.78 is 11.2. The van der Waals surface area contributed by atoms with E-state index < -0.39 is 0 Å². The summed E-state index contributed by atoms with van der Waals surface area (Å²) in [5, 5.41) is 3.14. The van der Waals surface area contributed by atoms with Crippen molar-refractivity contribution >= 4 is 5.91 Å². The van der Waals surface area contributed by atoms with Crippen molar-refractivity contribution in [2.75, 3.05) is 7.11 Å². The zero-order valence-corrected chi connectivity index (χ0v) is 14.6. The van der Waals surface area contributed by atoms with Gasteiger partial charge in [0.25, 0.3) is 5.91 Å². The second-order valence-corrected chi connectivity index (χ2v) is 6.86. The van der Waals surface area contributed by atoms with Crippen molar-refractivity contribution in [1.29, 1.82) is 0 Å². The highest BCUT2D eigenvalue weighted by Crippen LogP contribution is 2.40. The number of hydrogen-bond acceptors (Lipinski definition) is 3. The van der Waals surface area contributed by atoms with Gasteiger partial charge >= 0.3 is 0 Å². The zero-order chi connectivity index (χ0) is 17.3. The molecule has 2 aromatic carbocycles. The van der Waals surface area contributed by atoms with Crippen LogP contribution in [-0.2, 0) is 0 Å². The highest BCUT2D eigenvalue weighted by molar-refractivity contribution is 5.94. The molecule has 126 valence electrons. The SMILES string of the molecule is COc1ccc(C(=O)NC2CC(C)(C)Oc3cc(C)ccc32)cc1. The lowest BCUT2D eigenvalue weighted by molar-refractivity contribution is 0.0619. The van der Waals surface area contributed by atoms with E-state index in [9.17, 15) is 4.79 Å². The summed E-state index contributed by atoms with van der Waals surface area (Å²) in [6.07, 6.45) is 0.727. The van der Waals surface area contributed by atoms with E-state index in [0.717, 1.165) is 29.0 Å². The van der Waals surface area contributed by atoms with Gasteiger partial charge in [0.05, 0.1) is 13.2 Å². The van der Waals surface area contributed by atoms with Gasteiger partial charge in [-0.25, -0.2) is 0 Å². The maximum atomic E-state index is 12.6. The van der Waals surface area contributed by atoms with E-state index in [0.29, 0.717) is 5.56 Å². The molecule has 0 radical (unpaired) electrons. The number of ether oxygens (including phenoxy) is 2. The molecule has 2 aromatic rings. The number of carbonyl (C=O) groups excluding carboxylic acids is 1. The minimum atomic E-state index is -0.321. The molecule has 1 amide bonds. The molecule has 24 heavy (non-hydrogen) atoms. The number of carbonyl (C=O) groups is 1. The predicted octanol–water partition coefficient (Wildman–Crippen LogP) is 4.04. The third-order valence-corrected chi connectivity index (χ3v) is 4.28. The van der Waals surface area contributed by atoms with Crippen molar-refractivity contribution in [3.8, 4) is 11.5 Å². The second kappa shape index (κ2) is 6.19. The number of nitrogens with one attached hydrogen (secondary N) is 1. The Morgan fingerprint density at radius 1 is 1.21 bits per heavy atom. The number of rotatable bonds is 3. The molecule has 4 heteroatoms. The maximum absolute atomic E-state index is 12.6. The fraction of sp³-hybridized carbons (Fsp3) is 0.350. The molecule has 0 fully saturated rings. The van der Waals surface area contributed by atoms with Crippen molar-refractivity contribution in [3.63, 3.8) is 0 Å². The molecule has 4 nitrogen and oxygen atoms in total. The number of aryl methyl sites for hydroxylation is 1. The smallest absolute Gasteiger partial charge is 0.251 e. The van der Waals surface area contributed by atoms with Crippen LogP contribution in [0.4, 0.5) is 0 Å². The van der Waals surface area contributed by atoms with Crippen LogP contribution in [0.5, 0.6) is 11.5 Å². The van der Waals surface area contributed by atoms with Gasteiger partial charge < -0.3 is 14.8 Å². The molecule has 1 heterocycles. The van der Waals surface area contributed by atoms with E-state index in [2.05, 4.69) is 5.32 Å². The number of fused-ring (bicyclic) bond motifs is 1. The molecule has 0 aromatic heterocycles. The zero-order valence-electron chi connectivity index (χ0n) is 14.6. The molecule has 1 unspecified atom stereocenters. The minimum absolute atomic E-state index is 0.0704. The number of benzene rings is 2. The standard InChI is InChI=1S/C20H23NO3/c1-13-5-10-16-17(12-20(2,3)24-18(16)11-13)21-19(22)14-6-8-15(23-4)9-7-14/h5-11,17H,12H2,1-4H3,(H,21,22). The lowest BCUT2D eigenvalue weighted by Gasteiger charge is -2.38. The first kappa shape index (κ1) is 16.4. The van der Waals surface area contributed by atoms with Crippen LogP contribution in [0.3, 0.4) is 0 Å². The molecule has 0 spiro atoms. The predicted molar refractivity (Wildman–Crippen MR) is 93.7 cm³/mol. The molecular weight excluding hydrogens is 302 g/mol. The van der Waals surface area contributed by atoms with E-state index >= 15 is 0 Å². The van der Waals surface area contributed by atoms with Crippen LogP contribution in [0.2, 0.25) is 0 Å². The lowest BCUT2D eigenvalue weighted by Crippen LogP contribution is -2.41. The molecule has 0 saturated carbocycles. The van der Waals surface area contributed by atoms with Crippen LogP contribution >= 0.6 is 0 Å². The van der Waals surface area contributed by atoms with Crippen LogP contribution in [0.15, 0.2) is 42.5 Å². The Morgan fingerprint density at radius 2 is 1.92 bits per heavy atom. The highest BCUT2D eigenvalue weighted by Gasteiger charge is 2.34. The van der Waals surface area contributed by atoms with Crippen molar-refractivity contribution in [2.24, 2.45) is 0 Å². The fourth-order valence-electron chi connectivity index (χ4n) is 3.07. The number of amides is 1. The lowest BCUT2D eigenvalue weighted by atomic mass is 9.89. The Morgan fingerprint density at radius 3 is 2.58 bits per heavy atom. The van der Waals surface area contributed by atoms with E-state index in [1.807, 2.05) is 39.0 Å². The van der Waals surface area contributed by atoms with E-state index in [1.165, 1.54) is 0 Å². The first-order valence-electron chi connectivity index (χ1n) is 8.12. The summed E-state index contributed by atoms with van der Waals surface area (Å²) in [6.45, 7) is 6.13. The van der Waals surface area contributed by atoms with Crippen LogP contribution in [0, 0.1) is 6.92 Å². The molecule has 0 aliphatic carbocycles. The molecule has 3 rings (SSSR count). The molecule has 0 saturated heterocycles. The van der Waals surface area contributed by atoms with Crippen LogP contribution in [-0.4, -0.2) is 18.6 Å². The second-order valence-electron chi connectivity index (χ2n) is 6.86. The van der Waals surface area contributed by atoms with Gasteiger partial charge in [0.2, 0.25) is 0 Å². The largest absolute Gasteiger partial charge is 0.497 e. The Labute approximate surface area is 142 Å². The van der Waals surface area contributed by atoms with E-state index in [1.54, 1.807) is 31.4 Å². The summed E-state index contributed by atoms with van der Waals surface area (Å²) in [6, 6.07) is 13.2. The number of hydrogen-bond donors (Lipinski definition) is 1. The molecule has 1 aliphatic rings. The summed E-state index contributed by atoms with van der Waals surface area (Å²) >= 11 is 0. The van der Waals surface area contributed by atoms with Crippen LogP contribution < -0.4 is 14.8 Å². The van der Waals surface area contributed by atoms with Crippen LogP contribution in [0.1, 0.15) is 47.8 Å².